The van der Waals surface area contributed by atoms with Crippen LogP contribution in [0.25, 0.3) is 0 Å². The van der Waals surface area contributed by atoms with Crippen LogP contribution in [-0.2, 0) is 4.79 Å². The number of carbonyl (C=O) groups excluding carboxylic acids is 1. The first kappa shape index (κ1) is 12.8. The van der Waals surface area contributed by atoms with Gasteiger partial charge in [0.2, 0.25) is 5.91 Å². The number of hydrogen-bond donors (Lipinski definition) is 2. The first-order valence-corrected chi connectivity index (χ1v) is 5.67. The molecule has 0 aromatic carbocycles. The van der Waals surface area contributed by atoms with Gasteiger partial charge >= 0.3 is 0 Å². The molecule has 2 atom stereocenters. The molecule has 90 valence electrons. The fourth-order valence-corrected chi connectivity index (χ4v) is 1.52. The van der Waals surface area contributed by atoms with Crippen LogP contribution >= 0.6 is 0 Å². The van der Waals surface area contributed by atoms with Crippen molar-refractivity contribution in [2.24, 2.45) is 5.73 Å². The minimum atomic E-state index is -0.427. The van der Waals surface area contributed by atoms with E-state index in [9.17, 15) is 4.79 Å². The molecular formula is C12H20N2O2. The van der Waals surface area contributed by atoms with E-state index in [1.807, 2.05) is 32.9 Å². The number of carbonyl (C=O) groups is 1. The number of rotatable bonds is 5. The predicted octanol–water partition coefficient (Wildman–Crippen LogP) is 1.89. The number of furan rings is 1. The molecule has 0 aliphatic carbocycles. The van der Waals surface area contributed by atoms with Crippen molar-refractivity contribution in [2.45, 2.75) is 45.7 Å². The second kappa shape index (κ2) is 5.70. The van der Waals surface area contributed by atoms with Crippen LogP contribution in [0.2, 0.25) is 0 Å². The third-order valence-electron chi connectivity index (χ3n) is 2.48. The summed E-state index contributed by atoms with van der Waals surface area (Å²) >= 11 is 0. The van der Waals surface area contributed by atoms with Crippen LogP contribution in [0.15, 0.2) is 16.5 Å². The Labute approximate surface area is 96.2 Å². The van der Waals surface area contributed by atoms with Crippen molar-refractivity contribution in [3.63, 3.8) is 0 Å². The van der Waals surface area contributed by atoms with Crippen LogP contribution in [0, 0.1) is 6.92 Å². The zero-order valence-corrected chi connectivity index (χ0v) is 10.1. The average Bonchev–Trinajstić information content (AvgIpc) is 2.65. The average molecular weight is 224 g/mol. The first-order chi connectivity index (χ1) is 7.54. The van der Waals surface area contributed by atoms with Gasteiger partial charge < -0.3 is 15.5 Å². The Morgan fingerprint density at radius 3 is 2.75 bits per heavy atom. The summed E-state index contributed by atoms with van der Waals surface area (Å²) in [5.74, 6) is 1.48. The third kappa shape index (κ3) is 3.38. The number of nitrogens with one attached hydrogen (secondary N) is 1. The summed E-state index contributed by atoms with van der Waals surface area (Å²) in [6, 6.07) is 3.18. The van der Waals surface area contributed by atoms with E-state index in [0.29, 0.717) is 6.42 Å². The van der Waals surface area contributed by atoms with E-state index < -0.39 is 6.04 Å². The molecule has 0 bridgehead atoms. The molecule has 16 heavy (non-hydrogen) atoms. The van der Waals surface area contributed by atoms with Gasteiger partial charge in [-0.1, -0.05) is 13.3 Å². The van der Waals surface area contributed by atoms with Crippen LogP contribution in [0.4, 0.5) is 0 Å². The highest BCUT2D eigenvalue weighted by Crippen LogP contribution is 2.15. The topological polar surface area (TPSA) is 68.3 Å². The van der Waals surface area contributed by atoms with E-state index in [1.165, 1.54) is 0 Å². The number of amides is 1. The fraction of sp³-hybridized carbons (Fsp3) is 0.583. The summed E-state index contributed by atoms with van der Waals surface area (Å²) in [6.45, 7) is 5.77. The van der Waals surface area contributed by atoms with Crippen LogP contribution in [0.3, 0.4) is 0 Å². The molecule has 0 spiro atoms. The molecule has 0 aliphatic heterocycles. The standard InChI is InChI=1S/C12H20N2O2/c1-4-5-10(13)12(15)14-9(3)11-7-6-8(2)16-11/h6-7,9-10H,4-5,13H2,1-3H3,(H,14,15). The molecule has 0 radical (unpaired) electrons. The summed E-state index contributed by atoms with van der Waals surface area (Å²) in [5.41, 5.74) is 5.72. The summed E-state index contributed by atoms with van der Waals surface area (Å²) in [6.07, 6.45) is 1.61. The monoisotopic (exact) mass is 224 g/mol. The highest BCUT2D eigenvalue weighted by Gasteiger charge is 2.17. The van der Waals surface area contributed by atoms with Gasteiger partial charge in [0.15, 0.2) is 0 Å². The van der Waals surface area contributed by atoms with E-state index in [2.05, 4.69) is 5.32 Å². The van der Waals surface area contributed by atoms with Crippen molar-refractivity contribution in [3.8, 4) is 0 Å². The number of hydrogen-bond acceptors (Lipinski definition) is 3. The SMILES string of the molecule is CCCC(N)C(=O)NC(C)c1ccc(C)o1. The molecule has 1 heterocycles. The molecule has 0 saturated heterocycles. The Bertz CT molecular complexity index is 347. The molecule has 4 nitrogen and oxygen atoms in total. The third-order valence-corrected chi connectivity index (χ3v) is 2.48. The van der Waals surface area contributed by atoms with Crippen molar-refractivity contribution >= 4 is 5.91 Å². The highest BCUT2D eigenvalue weighted by atomic mass is 16.3. The van der Waals surface area contributed by atoms with Crippen LogP contribution < -0.4 is 11.1 Å². The van der Waals surface area contributed by atoms with E-state index >= 15 is 0 Å². The quantitative estimate of drug-likeness (QED) is 0.802. The first-order valence-electron chi connectivity index (χ1n) is 5.67. The minimum absolute atomic E-state index is 0.122. The lowest BCUT2D eigenvalue weighted by Crippen LogP contribution is -2.41. The largest absolute Gasteiger partial charge is 0.464 e. The van der Waals surface area contributed by atoms with Gasteiger partial charge in [-0.15, -0.1) is 0 Å². The summed E-state index contributed by atoms with van der Waals surface area (Å²) < 4.78 is 5.43. The van der Waals surface area contributed by atoms with Crippen LogP contribution in [-0.4, -0.2) is 11.9 Å². The zero-order chi connectivity index (χ0) is 12.1. The molecule has 1 amide bonds. The molecule has 2 unspecified atom stereocenters. The lowest BCUT2D eigenvalue weighted by Gasteiger charge is -2.15. The Hall–Kier alpha value is -1.29. The van der Waals surface area contributed by atoms with Gasteiger partial charge in [0.1, 0.15) is 11.5 Å². The van der Waals surface area contributed by atoms with Gasteiger partial charge in [-0.25, -0.2) is 0 Å². The summed E-state index contributed by atoms with van der Waals surface area (Å²) in [5, 5.41) is 2.84. The maximum Gasteiger partial charge on any atom is 0.237 e. The minimum Gasteiger partial charge on any atom is -0.464 e. The zero-order valence-electron chi connectivity index (χ0n) is 10.1. The van der Waals surface area contributed by atoms with Gasteiger partial charge in [0, 0.05) is 0 Å². The van der Waals surface area contributed by atoms with E-state index in [-0.39, 0.29) is 11.9 Å². The lowest BCUT2D eigenvalue weighted by molar-refractivity contribution is -0.123. The van der Waals surface area contributed by atoms with Crippen molar-refractivity contribution in [3.05, 3.63) is 23.7 Å². The Balaban J connectivity index is 2.51. The molecule has 0 aliphatic rings. The Morgan fingerprint density at radius 2 is 2.25 bits per heavy atom. The van der Waals surface area contributed by atoms with Crippen LogP contribution in [0.5, 0.6) is 0 Å². The van der Waals surface area contributed by atoms with Gasteiger partial charge in [-0.05, 0) is 32.4 Å². The van der Waals surface area contributed by atoms with Crippen molar-refractivity contribution < 1.29 is 9.21 Å². The maximum absolute atomic E-state index is 11.6. The molecule has 0 saturated carbocycles. The van der Waals surface area contributed by atoms with Gasteiger partial charge in [-0.2, -0.15) is 0 Å². The van der Waals surface area contributed by atoms with E-state index in [0.717, 1.165) is 17.9 Å². The normalized spacial score (nSPS) is 14.5. The maximum atomic E-state index is 11.6. The summed E-state index contributed by atoms with van der Waals surface area (Å²) in [4.78, 5) is 11.6. The molecule has 1 aromatic heterocycles. The summed E-state index contributed by atoms with van der Waals surface area (Å²) in [7, 11) is 0. The molecule has 1 rings (SSSR count). The lowest BCUT2D eigenvalue weighted by atomic mass is 10.1. The van der Waals surface area contributed by atoms with Crippen molar-refractivity contribution in [1.29, 1.82) is 0 Å². The molecular weight excluding hydrogens is 204 g/mol. The number of aryl methyl sites for hydroxylation is 1. The molecule has 1 aromatic rings. The Kier molecular flexibility index (Phi) is 4.55. The Morgan fingerprint density at radius 1 is 1.56 bits per heavy atom. The fourth-order valence-electron chi connectivity index (χ4n) is 1.52. The predicted molar refractivity (Wildman–Crippen MR) is 62.9 cm³/mol. The molecule has 3 N–H and O–H groups in total. The number of nitrogens with two attached hydrogens (primary N) is 1. The van der Waals surface area contributed by atoms with E-state index in [4.69, 9.17) is 10.2 Å². The van der Waals surface area contributed by atoms with Crippen molar-refractivity contribution in [1.82, 2.24) is 5.32 Å². The molecule has 0 fully saturated rings. The molecule has 4 heteroatoms. The van der Waals surface area contributed by atoms with E-state index in [1.54, 1.807) is 0 Å². The second-order valence-electron chi connectivity index (χ2n) is 4.07. The van der Waals surface area contributed by atoms with Crippen LogP contribution in [0.1, 0.15) is 44.3 Å². The van der Waals surface area contributed by atoms with Gasteiger partial charge in [-0.3, -0.25) is 4.79 Å². The van der Waals surface area contributed by atoms with Crippen molar-refractivity contribution in [2.75, 3.05) is 0 Å². The van der Waals surface area contributed by atoms with Gasteiger partial charge in [0.05, 0.1) is 12.1 Å². The smallest absolute Gasteiger partial charge is 0.237 e. The van der Waals surface area contributed by atoms with Gasteiger partial charge in [0.25, 0.3) is 0 Å². The highest BCUT2D eigenvalue weighted by molar-refractivity contribution is 5.81. The second-order valence-corrected chi connectivity index (χ2v) is 4.07.